The van der Waals surface area contributed by atoms with Crippen molar-refractivity contribution in [1.82, 2.24) is 19.8 Å². The number of ether oxygens (including phenoxy) is 1. The van der Waals surface area contributed by atoms with E-state index in [0.717, 1.165) is 11.3 Å². The van der Waals surface area contributed by atoms with Crippen molar-refractivity contribution < 1.29 is 18.7 Å². The van der Waals surface area contributed by atoms with Gasteiger partial charge in [-0.25, -0.2) is 9.37 Å². The zero-order valence-corrected chi connectivity index (χ0v) is 18.3. The molecular formula is C24H27FN4O3. The van der Waals surface area contributed by atoms with Crippen LogP contribution in [0.4, 0.5) is 4.39 Å². The smallest absolute Gasteiger partial charge is 0.227 e. The van der Waals surface area contributed by atoms with Crippen LogP contribution >= 0.6 is 0 Å². The van der Waals surface area contributed by atoms with Crippen LogP contribution in [-0.2, 0) is 22.6 Å². The molecular weight excluding hydrogens is 411 g/mol. The number of methoxy groups -OCH3 is 1. The number of nitrogens with one attached hydrogen (secondary N) is 1. The number of imidazole rings is 1. The number of benzene rings is 2. The lowest BCUT2D eigenvalue weighted by molar-refractivity contribution is -0.142. The molecule has 32 heavy (non-hydrogen) atoms. The van der Waals surface area contributed by atoms with Gasteiger partial charge in [-0.15, -0.1) is 0 Å². The summed E-state index contributed by atoms with van der Waals surface area (Å²) in [6.45, 7) is 1.30. The predicted molar refractivity (Wildman–Crippen MR) is 119 cm³/mol. The van der Waals surface area contributed by atoms with Crippen molar-refractivity contribution in [3.8, 4) is 5.75 Å². The van der Waals surface area contributed by atoms with E-state index in [1.54, 1.807) is 30.0 Å². The van der Waals surface area contributed by atoms with E-state index in [2.05, 4.69) is 9.97 Å². The van der Waals surface area contributed by atoms with Crippen molar-refractivity contribution in [1.29, 1.82) is 0 Å². The lowest BCUT2D eigenvalue weighted by Crippen LogP contribution is -2.46. The highest BCUT2D eigenvalue weighted by molar-refractivity contribution is 5.84. The number of likely N-dealkylation sites (N-methyl/N-ethyl adjacent to an activating group) is 1. The molecule has 168 valence electrons. The molecule has 2 amide bonds. The molecule has 1 aliphatic rings. The van der Waals surface area contributed by atoms with Gasteiger partial charge in [0, 0.05) is 45.1 Å². The van der Waals surface area contributed by atoms with E-state index in [4.69, 9.17) is 4.74 Å². The van der Waals surface area contributed by atoms with Crippen LogP contribution in [0.25, 0.3) is 11.0 Å². The Balaban J connectivity index is 1.36. The van der Waals surface area contributed by atoms with Gasteiger partial charge in [-0.05, 0) is 30.7 Å². The number of hydrogen-bond acceptors (Lipinski definition) is 4. The second-order valence-electron chi connectivity index (χ2n) is 8.18. The first-order valence-electron chi connectivity index (χ1n) is 10.7. The summed E-state index contributed by atoms with van der Waals surface area (Å²) in [5, 5.41) is 0. The first-order chi connectivity index (χ1) is 15.4. The first kappa shape index (κ1) is 21.8. The Labute approximate surface area is 186 Å². The Hall–Kier alpha value is -3.42. The molecule has 2 aromatic carbocycles. The number of nitrogens with zero attached hydrogens (tertiary/aromatic N) is 3. The van der Waals surface area contributed by atoms with Crippen molar-refractivity contribution in [2.45, 2.75) is 25.8 Å². The van der Waals surface area contributed by atoms with Crippen LogP contribution < -0.4 is 4.74 Å². The summed E-state index contributed by atoms with van der Waals surface area (Å²) in [5.74, 6) is 0.960. The van der Waals surface area contributed by atoms with Crippen LogP contribution in [0.15, 0.2) is 42.5 Å². The predicted octanol–water partition coefficient (Wildman–Crippen LogP) is 3.15. The average molecular weight is 439 g/mol. The highest BCUT2D eigenvalue weighted by Gasteiger charge is 2.32. The van der Waals surface area contributed by atoms with E-state index >= 15 is 0 Å². The summed E-state index contributed by atoms with van der Waals surface area (Å²) in [4.78, 5) is 36.5. The van der Waals surface area contributed by atoms with Gasteiger partial charge in [0.1, 0.15) is 17.4 Å². The third kappa shape index (κ3) is 4.74. The van der Waals surface area contributed by atoms with Crippen LogP contribution in [0.2, 0.25) is 0 Å². The first-order valence-corrected chi connectivity index (χ1v) is 10.7. The average Bonchev–Trinajstić information content (AvgIpc) is 3.20. The summed E-state index contributed by atoms with van der Waals surface area (Å²) in [6, 6.07) is 12.0. The van der Waals surface area contributed by atoms with E-state index in [-0.39, 0.29) is 23.5 Å². The number of H-pyrrole nitrogens is 1. The zero-order valence-electron chi connectivity index (χ0n) is 18.3. The van der Waals surface area contributed by atoms with Crippen LogP contribution in [0.5, 0.6) is 5.75 Å². The third-order valence-electron chi connectivity index (χ3n) is 5.96. The molecule has 1 N–H and O–H groups in total. The second kappa shape index (κ2) is 9.38. The number of fused-ring (bicyclic) bond motifs is 1. The summed E-state index contributed by atoms with van der Waals surface area (Å²) in [7, 11) is 3.38. The fourth-order valence-electron chi connectivity index (χ4n) is 4.16. The molecule has 2 heterocycles. The van der Waals surface area contributed by atoms with Crippen molar-refractivity contribution >= 4 is 22.8 Å². The molecule has 1 atom stereocenters. The topological polar surface area (TPSA) is 78.5 Å². The maximum atomic E-state index is 13.4. The summed E-state index contributed by atoms with van der Waals surface area (Å²) < 4.78 is 18.8. The van der Waals surface area contributed by atoms with E-state index < -0.39 is 0 Å². The highest BCUT2D eigenvalue weighted by Crippen LogP contribution is 2.25. The molecule has 1 aromatic heterocycles. The summed E-state index contributed by atoms with van der Waals surface area (Å²) in [6.07, 6.45) is 1.44. The Morgan fingerprint density at radius 1 is 1.31 bits per heavy atom. The Bertz CT molecular complexity index is 1130. The van der Waals surface area contributed by atoms with E-state index in [0.29, 0.717) is 55.8 Å². The van der Waals surface area contributed by atoms with Gasteiger partial charge in [-0.1, -0.05) is 18.2 Å². The normalized spacial score (nSPS) is 16.4. The van der Waals surface area contributed by atoms with Gasteiger partial charge in [0.05, 0.1) is 24.1 Å². The quantitative estimate of drug-likeness (QED) is 0.615. The maximum Gasteiger partial charge on any atom is 0.227 e. The molecule has 1 saturated heterocycles. The third-order valence-corrected chi connectivity index (χ3v) is 5.96. The van der Waals surface area contributed by atoms with Crippen LogP contribution in [0.3, 0.4) is 0 Å². The van der Waals surface area contributed by atoms with Gasteiger partial charge in [0.25, 0.3) is 0 Å². The van der Waals surface area contributed by atoms with Crippen molar-refractivity contribution in [3.63, 3.8) is 0 Å². The Kier molecular flexibility index (Phi) is 6.39. The van der Waals surface area contributed by atoms with Gasteiger partial charge in [0.2, 0.25) is 11.8 Å². The monoisotopic (exact) mass is 438 g/mol. The number of piperidine rings is 1. The molecule has 7 nitrogen and oxygen atoms in total. The largest absolute Gasteiger partial charge is 0.496 e. The number of halogens is 1. The lowest BCUT2D eigenvalue weighted by atomic mass is 9.95. The van der Waals surface area contributed by atoms with Crippen LogP contribution in [0, 0.1) is 11.7 Å². The molecule has 0 aliphatic carbocycles. The van der Waals surface area contributed by atoms with Gasteiger partial charge in [-0.3, -0.25) is 9.59 Å². The second-order valence-corrected chi connectivity index (χ2v) is 8.18. The van der Waals surface area contributed by atoms with Crippen LogP contribution in [0.1, 0.15) is 24.2 Å². The minimum atomic E-state index is -0.315. The molecule has 0 spiro atoms. The number of carbonyl (C=O) groups is 2. The minimum Gasteiger partial charge on any atom is -0.496 e. The molecule has 0 saturated carbocycles. The molecule has 0 bridgehead atoms. The highest BCUT2D eigenvalue weighted by atomic mass is 19.1. The zero-order chi connectivity index (χ0) is 22.7. The van der Waals surface area contributed by atoms with Crippen molar-refractivity contribution in [2.24, 2.45) is 5.92 Å². The molecule has 1 fully saturated rings. The molecule has 0 radical (unpaired) electrons. The number of likely N-dealkylation sites (tertiary alicyclic amines) is 1. The lowest BCUT2D eigenvalue weighted by Gasteiger charge is -2.34. The molecule has 3 aromatic rings. The van der Waals surface area contributed by atoms with E-state index in [1.165, 1.54) is 12.1 Å². The molecule has 8 heteroatoms. The number of rotatable bonds is 7. The Morgan fingerprint density at radius 3 is 2.94 bits per heavy atom. The van der Waals surface area contributed by atoms with E-state index in [1.807, 2.05) is 24.3 Å². The standard InChI is InChI=1S/C24H27FN4O3/c1-28(12-11-22-26-19-9-8-18(25)13-20(19)27-22)24(31)17-7-10-23(30)29(15-17)14-16-5-3-4-6-21(16)32-2/h3-6,8-9,13,17H,7,10-12,14-15H2,1-2H3,(H,26,27)/t17-/m0/s1. The molecule has 0 unspecified atom stereocenters. The summed E-state index contributed by atoms with van der Waals surface area (Å²) in [5.41, 5.74) is 2.27. The number of carbonyl (C=O) groups excluding carboxylic acids is 2. The van der Waals surface area contributed by atoms with Crippen molar-refractivity contribution in [2.75, 3.05) is 27.2 Å². The number of aromatic nitrogens is 2. The number of para-hydroxylation sites is 1. The minimum absolute atomic E-state index is 0.0182. The van der Waals surface area contributed by atoms with Crippen molar-refractivity contribution in [3.05, 3.63) is 59.7 Å². The fourth-order valence-corrected chi connectivity index (χ4v) is 4.16. The maximum absolute atomic E-state index is 13.4. The SMILES string of the molecule is COc1ccccc1CN1C[C@@H](C(=O)N(C)CCc2nc3ccc(F)cc3[nH]2)CCC1=O. The molecule has 4 rings (SSSR count). The number of hydrogen-bond donors (Lipinski definition) is 1. The molecule has 1 aliphatic heterocycles. The number of amides is 2. The van der Waals surface area contributed by atoms with Gasteiger partial charge in [0.15, 0.2) is 0 Å². The Morgan fingerprint density at radius 2 is 2.12 bits per heavy atom. The van der Waals surface area contributed by atoms with Gasteiger partial charge >= 0.3 is 0 Å². The summed E-state index contributed by atoms with van der Waals surface area (Å²) >= 11 is 0. The van der Waals surface area contributed by atoms with Crippen LogP contribution in [-0.4, -0.2) is 58.8 Å². The van der Waals surface area contributed by atoms with Gasteiger partial charge < -0.3 is 19.5 Å². The van der Waals surface area contributed by atoms with Gasteiger partial charge in [-0.2, -0.15) is 0 Å². The van der Waals surface area contributed by atoms with E-state index in [9.17, 15) is 14.0 Å². The number of aromatic amines is 1. The fraction of sp³-hybridized carbons (Fsp3) is 0.375.